The molecule has 0 saturated heterocycles. The second kappa shape index (κ2) is 3.93. The van der Waals surface area contributed by atoms with Gasteiger partial charge in [0.05, 0.1) is 12.7 Å². The van der Waals surface area contributed by atoms with Crippen molar-refractivity contribution in [1.29, 1.82) is 0 Å². The molecule has 1 aliphatic heterocycles. The van der Waals surface area contributed by atoms with E-state index in [1.807, 2.05) is 0 Å². The van der Waals surface area contributed by atoms with E-state index in [0.717, 1.165) is 31.4 Å². The van der Waals surface area contributed by atoms with Gasteiger partial charge in [-0.15, -0.1) is 0 Å². The molecule has 0 aromatic heterocycles. The molecule has 1 fully saturated rings. The number of carbonyl (C=O) groups excluding carboxylic acids is 1. The van der Waals surface area contributed by atoms with Crippen LogP contribution in [0.2, 0.25) is 0 Å². The molecule has 0 amide bonds. The molecule has 15 heavy (non-hydrogen) atoms. The van der Waals surface area contributed by atoms with Crippen LogP contribution in [-0.4, -0.2) is 30.1 Å². The summed E-state index contributed by atoms with van der Waals surface area (Å²) >= 11 is 0. The summed E-state index contributed by atoms with van der Waals surface area (Å²) in [5.41, 5.74) is -0.0443. The highest BCUT2D eigenvalue weighted by atomic mass is 16.6. The minimum Gasteiger partial charge on any atom is -0.462 e. The fourth-order valence-electron chi connectivity index (χ4n) is 2.15. The second-order valence-corrected chi connectivity index (χ2v) is 4.16. The molecule has 0 spiro atoms. The minimum absolute atomic E-state index is 0.0492. The van der Waals surface area contributed by atoms with E-state index in [2.05, 4.69) is 4.99 Å². The monoisotopic (exact) mass is 211 g/mol. The lowest BCUT2D eigenvalue weighted by atomic mass is 9.96. The van der Waals surface area contributed by atoms with Crippen molar-refractivity contribution < 1.29 is 14.3 Å². The van der Waals surface area contributed by atoms with E-state index in [1.165, 1.54) is 0 Å². The molecule has 2 aliphatic rings. The molecule has 84 valence electrons. The quantitative estimate of drug-likeness (QED) is 0.653. The highest BCUT2D eigenvalue weighted by Gasteiger charge is 2.45. The topological polar surface area (TPSA) is 47.9 Å². The van der Waals surface area contributed by atoms with Crippen molar-refractivity contribution in [2.24, 2.45) is 4.99 Å². The van der Waals surface area contributed by atoms with Crippen LogP contribution >= 0.6 is 0 Å². The van der Waals surface area contributed by atoms with Gasteiger partial charge in [-0.2, -0.15) is 0 Å². The Bertz CT molecular complexity index is 300. The summed E-state index contributed by atoms with van der Waals surface area (Å²) in [4.78, 5) is 16.0. The Kier molecular flexibility index (Phi) is 2.78. The number of hydrogen-bond acceptors (Lipinski definition) is 4. The molecule has 2 atom stereocenters. The Morgan fingerprint density at radius 3 is 3.13 bits per heavy atom. The highest BCUT2D eigenvalue weighted by Crippen LogP contribution is 2.32. The number of fused-ring (bicyclic) bond motifs is 1. The maximum absolute atomic E-state index is 11.7. The number of esters is 1. The molecule has 0 radical (unpaired) electrons. The van der Waals surface area contributed by atoms with Gasteiger partial charge in [-0.05, 0) is 33.1 Å². The maximum Gasteiger partial charge on any atom is 0.361 e. The van der Waals surface area contributed by atoms with Gasteiger partial charge in [-0.3, -0.25) is 0 Å². The number of carbonyl (C=O) groups is 1. The van der Waals surface area contributed by atoms with Gasteiger partial charge in [-0.1, -0.05) is 6.42 Å². The first-order valence-corrected chi connectivity index (χ1v) is 5.59. The van der Waals surface area contributed by atoms with Crippen LogP contribution < -0.4 is 0 Å². The Balaban J connectivity index is 2.11. The predicted octanol–water partition coefficient (Wildman–Crippen LogP) is 1.68. The van der Waals surface area contributed by atoms with Gasteiger partial charge >= 0.3 is 5.97 Å². The molecule has 4 nitrogen and oxygen atoms in total. The van der Waals surface area contributed by atoms with Crippen LogP contribution in [-0.2, 0) is 14.3 Å². The molecule has 0 aromatic carbocycles. The first-order chi connectivity index (χ1) is 7.15. The van der Waals surface area contributed by atoms with Crippen LogP contribution in [0.5, 0.6) is 0 Å². The van der Waals surface area contributed by atoms with Crippen LogP contribution in [0.3, 0.4) is 0 Å². The predicted molar refractivity (Wildman–Crippen MR) is 55.8 cm³/mol. The first kappa shape index (κ1) is 10.6. The van der Waals surface area contributed by atoms with Crippen LogP contribution in [0.1, 0.15) is 39.5 Å². The van der Waals surface area contributed by atoms with E-state index in [-0.39, 0.29) is 12.1 Å². The van der Waals surface area contributed by atoms with E-state index in [4.69, 9.17) is 9.47 Å². The van der Waals surface area contributed by atoms with Crippen molar-refractivity contribution >= 4 is 11.7 Å². The fraction of sp³-hybridized carbons (Fsp3) is 0.818. The molecule has 0 aromatic rings. The Hall–Kier alpha value is -0.900. The normalized spacial score (nSPS) is 34.5. The number of nitrogens with zero attached hydrogens (tertiary/aromatic N) is 1. The standard InChI is InChI=1S/C11H17NO3/c1-3-14-10(13)11(2)12-8-6-4-5-7-9(8)15-11/h9H,3-7H2,1-2H3. The molecule has 1 saturated carbocycles. The average Bonchev–Trinajstić information content (AvgIpc) is 2.56. The number of rotatable bonds is 2. The van der Waals surface area contributed by atoms with Gasteiger partial charge in [0.2, 0.25) is 0 Å². The summed E-state index contributed by atoms with van der Waals surface area (Å²) in [6.45, 7) is 3.85. The summed E-state index contributed by atoms with van der Waals surface area (Å²) < 4.78 is 10.7. The zero-order valence-corrected chi connectivity index (χ0v) is 9.28. The smallest absolute Gasteiger partial charge is 0.361 e. The third kappa shape index (κ3) is 1.91. The van der Waals surface area contributed by atoms with Crippen molar-refractivity contribution in [1.82, 2.24) is 0 Å². The van der Waals surface area contributed by atoms with Gasteiger partial charge in [-0.25, -0.2) is 9.79 Å². The van der Waals surface area contributed by atoms with Crippen molar-refractivity contribution in [2.75, 3.05) is 6.61 Å². The molecular formula is C11H17NO3. The maximum atomic E-state index is 11.7. The Morgan fingerprint density at radius 2 is 2.47 bits per heavy atom. The van der Waals surface area contributed by atoms with Gasteiger partial charge in [0.1, 0.15) is 0 Å². The van der Waals surface area contributed by atoms with Crippen LogP contribution in [0.4, 0.5) is 0 Å². The number of aliphatic imine (C=N–C) groups is 1. The molecule has 2 rings (SSSR count). The third-order valence-electron chi connectivity index (χ3n) is 2.90. The largest absolute Gasteiger partial charge is 0.462 e. The van der Waals surface area contributed by atoms with Crippen LogP contribution in [0.15, 0.2) is 4.99 Å². The van der Waals surface area contributed by atoms with Gasteiger partial charge in [0.25, 0.3) is 5.72 Å². The molecule has 0 N–H and O–H groups in total. The van der Waals surface area contributed by atoms with Crippen molar-refractivity contribution in [3.05, 3.63) is 0 Å². The second-order valence-electron chi connectivity index (χ2n) is 4.16. The van der Waals surface area contributed by atoms with Gasteiger partial charge in [0.15, 0.2) is 0 Å². The zero-order valence-electron chi connectivity index (χ0n) is 9.28. The lowest BCUT2D eigenvalue weighted by molar-refractivity contribution is -0.169. The van der Waals surface area contributed by atoms with Crippen LogP contribution in [0.25, 0.3) is 0 Å². The van der Waals surface area contributed by atoms with E-state index >= 15 is 0 Å². The van der Waals surface area contributed by atoms with Crippen LogP contribution in [0, 0.1) is 0 Å². The summed E-state index contributed by atoms with van der Waals surface area (Å²) in [5, 5.41) is 0. The zero-order chi connectivity index (χ0) is 10.9. The summed E-state index contributed by atoms with van der Waals surface area (Å²) in [6.07, 6.45) is 4.29. The van der Waals surface area contributed by atoms with Gasteiger partial charge < -0.3 is 9.47 Å². The molecular weight excluding hydrogens is 194 g/mol. The molecule has 1 aliphatic carbocycles. The molecule has 1 heterocycles. The Morgan fingerprint density at radius 1 is 1.67 bits per heavy atom. The van der Waals surface area contributed by atoms with Crippen molar-refractivity contribution in [2.45, 2.75) is 51.4 Å². The summed E-state index contributed by atoms with van der Waals surface area (Å²) in [5.74, 6) is -0.369. The molecule has 2 unspecified atom stereocenters. The average molecular weight is 211 g/mol. The SMILES string of the molecule is CCOC(=O)C1(C)N=C2CCCCC2O1. The Labute approximate surface area is 89.7 Å². The molecule has 0 bridgehead atoms. The lowest BCUT2D eigenvalue weighted by Crippen LogP contribution is -2.37. The highest BCUT2D eigenvalue weighted by molar-refractivity contribution is 5.95. The minimum atomic E-state index is -1.08. The summed E-state index contributed by atoms with van der Waals surface area (Å²) in [7, 11) is 0. The van der Waals surface area contributed by atoms with E-state index < -0.39 is 5.72 Å². The lowest BCUT2D eigenvalue weighted by Gasteiger charge is -2.22. The van der Waals surface area contributed by atoms with Crippen molar-refractivity contribution in [3.8, 4) is 0 Å². The number of ether oxygens (including phenoxy) is 2. The van der Waals surface area contributed by atoms with E-state index in [0.29, 0.717) is 6.61 Å². The van der Waals surface area contributed by atoms with Gasteiger partial charge in [0, 0.05) is 5.71 Å². The first-order valence-electron chi connectivity index (χ1n) is 5.59. The number of hydrogen-bond donors (Lipinski definition) is 0. The third-order valence-corrected chi connectivity index (χ3v) is 2.90. The van der Waals surface area contributed by atoms with E-state index in [1.54, 1.807) is 13.8 Å². The summed E-state index contributed by atoms with van der Waals surface area (Å²) in [6, 6.07) is 0. The van der Waals surface area contributed by atoms with Crippen molar-refractivity contribution in [3.63, 3.8) is 0 Å². The fourth-order valence-corrected chi connectivity index (χ4v) is 2.15. The molecule has 4 heteroatoms. The van der Waals surface area contributed by atoms with E-state index in [9.17, 15) is 4.79 Å².